The van der Waals surface area contributed by atoms with Gasteiger partial charge in [-0.3, -0.25) is 4.79 Å². The van der Waals surface area contributed by atoms with Crippen molar-refractivity contribution < 1.29 is 18.7 Å². The molecule has 0 bridgehead atoms. The minimum absolute atomic E-state index is 0.0686. The molecule has 4 heteroatoms. The lowest BCUT2D eigenvalue weighted by Gasteiger charge is -2.13. The Kier molecular flexibility index (Phi) is 4.40. The van der Waals surface area contributed by atoms with E-state index in [1.54, 1.807) is 0 Å². The van der Waals surface area contributed by atoms with Crippen LogP contribution in [-0.4, -0.2) is 11.1 Å². The van der Waals surface area contributed by atoms with E-state index in [2.05, 4.69) is 0 Å². The second-order valence-corrected chi connectivity index (χ2v) is 3.68. The van der Waals surface area contributed by atoms with Crippen molar-refractivity contribution in [2.45, 2.75) is 32.1 Å². The van der Waals surface area contributed by atoms with Crippen molar-refractivity contribution in [2.24, 2.45) is 0 Å². The molecule has 0 aromatic heterocycles. The number of hydrogen-bond acceptors (Lipinski definition) is 1. The number of halogens is 2. The Balaban J connectivity index is 3.01. The van der Waals surface area contributed by atoms with Gasteiger partial charge in [0.15, 0.2) is 11.6 Å². The Morgan fingerprint density at radius 2 is 2.12 bits per heavy atom. The van der Waals surface area contributed by atoms with Crippen molar-refractivity contribution in [2.75, 3.05) is 0 Å². The van der Waals surface area contributed by atoms with Crippen LogP contribution in [0.3, 0.4) is 0 Å². The zero-order chi connectivity index (χ0) is 12.1. The van der Waals surface area contributed by atoms with Gasteiger partial charge >= 0.3 is 5.97 Å². The number of carbonyl (C=O) groups is 1. The average Bonchev–Trinajstić information content (AvgIpc) is 2.24. The molecular weight excluding hydrogens is 214 g/mol. The van der Waals surface area contributed by atoms with Crippen molar-refractivity contribution >= 4 is 5.97 Å². The third-order valence-electron chi connectivity index (χ3n) is 2.50. The second kappa shape index (κ2) is 5.58. The quantitative estimate of drug-likeness (QED) is 0.839. The molecule has 1 aromatic carbocycles. The molecule has 1 atom stereocenters. The predicted molar refractivity (Wildman–Crippen MR) is 56.3 cm³/mol. The number of carboxylic acid groups (broad SMARTS) is 1. The summed E-state index contributed by atoms with van der Waals surface area (Å²) in [6.07, 6.45) is 1.82. The van der Waals surface area contributed by atoms with E-state index in [4.69, 9.17) is 5.11 Å². The molecule has 1 rings (SSSR count). The van der Waals surface area contributed by atoms with Gasteiger partial charge in [-0.25, -0.2) is 8.78 Å². The van der Waals surface area contributed by atoms with E-state index < -0.39 is 23.5 Å². The first-order valence-corrected chi connectivity index (χ1v) is 5.24. The lowest BCUT2D eigenvalue weighted by atomic mass is 9.93. The molecular formula is C12H14F2O2. The van der Waals surface area contributed by atoms with Crippen molar-refractivity contribution in [3.05, 3.63) is 35.4 Å². The molecule has 0 heterocycles. The van der Waals surface area contributed by atoms with Crippen molar-refractivity contribution in [1.82, 2.24) is 0 Å². The molecule has 0 fully saturated rings. The van der Waals surface area contributed by atoms with E-state index in [9.17, 15) is 13.6 Å². The SMILES string of the molecule is CCCCC(C(=O)O)c1cccc(F)c1F. The van der Waals surface area contributed by atoms with E-state index in [0.717, 1.165) is 12.5 Å². The molecule has 0 radical (unpaired) electrons. The van der Waals surface area contributed by atoms with Gasteiger partial charge in [-0.2, -0.15) is 0 Å². The Morgan fingerprint density at radius 1 is 1.44 bits per heavy atom. The van der Waals surface area contributed by atoms with Crippen LogP contribution in [0.2, 0.25) is 0 Å². The van der Waals surface area contributed by atoms with Crippen LogP contribution in [0.4, 0.5) is 8.78 Å². The van der Waals surface area contributed by atoms with E-state index in [1.165, 1.54) is 12.1 Å². The van der Waals surface area contributed by atoms with Crippen LogP contribution < -0.4 is 0 Å². The Morgan fingerprint density at radius 3 is 2.69 bits per heavy atom. The highest BCUT2D eigenvalue weighted by molar-refractivity contribution is 5.76. The topological polar surface area (TPSA) is 37.3 Å². The highest BCUT2D eigenvalue weighted by Crippen LogP contribution is 2.26. The summed E-state index contributed by atoms with van der Waals surface area (Å²) in [5.74, 6) is -4.13. The summed E-state index contributed by atoms with van der Waals surface area (Å²) in [5.41, 5.74) is -0.0686. The zero-order valence-corrected chi connectivity index (χ0v) is 9.04. The molecule has 0 aliphatic rings. The molecule has 0 aliphatic carbocycles. The van der Waals surface area contributed by atoms with E-state index in [1.807, 2.05) is 6.92 Å². The second-order valence-electron chi connectivity index (χ2n) is 3.68. The first kappa shape index (κ1) is 12.6. The molecule has 1 N–H and O–H groups in total. The highest BCUT2D eigenvalue weighted by atomic mass is 19.2. The fourth-order valence-electron chi connectivity index (χ4n) is 1.61. The summed E-state index contributed by atoms with van der Waals surface area (Å²) in [6.45, 7) is 1.92. The number of aliphatic carboxylic acids is 1. The van der Waals surface area contributed by atoms with Crippen LogP contribution in [0.5, 0.6) is 0 Å². The molecule has 0 saturated carbocycles. The summed E-state index contributed by atoms with van der Waals surface area (Å²) in [6, 6.07) is 3.64. The van der Waals surface area contributed by atoms with Gasteiger partial charge in [0, 0.05) is 5.56 Å². The molecule has 0 aliphatic heterocycles. The standard InChI is InChI=1S/C12H14F2O2/c1-2-3-5-9(12(15)16)8-6-4-7-10(13)11(8)14/h4,6-7,9H,2-3,5H2,1H3,(H,15,16). The maximum Gasteiger partial charge on any atom is 0.311 e. The van der Waals surface area contributed by atoms with E-state index in [0.29, 0.717) is 12.8 Å². The van der Waals surface area contributed by atoms with E-state index in [-0.39, 0.29) is 5.56 Å². The van der Waals surface area contributed by atoms with Crippen molar-refractivity contribution in [1.29, 1.82) is 0 Å². The number of carboxylic acids is 1. The summed E-state index contributed by atoms with van der Waals surface area (Å²) in [5, 5.41) is 8.98. The van der Waals surface area contributed by atoms with Gasteiger partial charge in [0.2, 0.25) is 0 Å². The molecule has 0 amide bonds. The fraction of sp³-hybridized carbons (Fsp3) is 0.417. The maximum atomic E-state index is 13.4. The Hall–Kier alpha value is -1.45. The molecule has 88 valence electrons. The lowest BCUT2D eigenvalue weighted by Crippen LogP contribution is -2.14. The minimum Gasteiger partial charge on any atom is -0.481 e. The lowest BCUT2D eigenvalue weighted by molar-refractivity contribution is -0.139. The third-order valence-corrected chi connectivity index (χ3v) is 2.50. The van der Waals surface area contributed by atoms with Gasteiger partial charge in [0.25, 0.3) is 0 Å². The van der Waals surface area contributed by atoms with Crippen LogP contribution >= 0.6 is 0 Å². The minimum atomic E-state index is -1.11. The number of rotatable bonds is 5. The molecule has 1 unspecified atom stereocenters. The number of hydrogen-bond donors (Lipinski definition) is 1. The van der Waals surface area contributed by atoms with Gasteiger partial charge < -0.3 is 5.11 Å². The fourth-order valence-corrected chi connectivity index (χ4v) is 1.61. The summed E-state index contributed by atoms with van der Waals surface area (Å²) in [4.78, 5) is 11.0. The average molecular weight is 228 g/mol. The van der Waals surface area contributed by atoms with Crippen molar-refractivity contribution in [3.63, 3.8) is 0 Å². The van der Waals surface area contributed by atoms with Crippen LogP contribution in [0.25, 0.3) is 0 Å². The molecule has 1 aromatic rings. The van der Waals surface area contributed by atoms with Crippen molar-refractivity contribution in [3.8, 4) is 0 Å². The van der Waals surface area contributed by atoms with Gasteiger partial charge in [0.05, 0.1) is 5.92 Å². The first-order valence-electron chi connectivity index (χ1n) is 5.24. The van der Waals surface area contributed by atoms with Crippen LogP contribution in [0, 0.1) is 11.6 Å². The normalized spacial score (nSPS) is 12.4. The van der Waals surface area contributed by atoms with Crippen LogP contribution in [-0.2, 0) is 4.79 Å². The molecule has 2 nitrogen and oxygen atoms in total. The Bertz CT molecular complexity index is 377. The summed E-state index contributed by atoms with van der Waals surface area (Å²) in [7, 11) is 0. The third kappa shape index (κ3) is 2.78. The Labute approximate surface area is 92.9 Å². The number of benzene rings is 1. The highest BCUT2D eigenvalue weighted by Gasteiger charge is 2.23. The first-order chi connectivity index (χ1) is 7.57. The predicted octanol–water partition coefficient (Wildman–Crippen LogP) is 3.32. The van der Waals surface area contributed by atoms with Crippen LogP contribution in [0.1, 0.15) is 37.7 Å². The number of unbranched alkanes of at least 4 members (excludes halogenated alkanes) is 1. The summed E-state index contributed by atoms with van der Waals surface area (Å²) < 4.78 is 26.4. The molecule has 16 heavy (non-hydrogen) atoms. The zero-order valence-electron chi connectivity index (χ0n) is 9.04. The van der Waals surface area contributed by atoms with Gasteiger partial charge in [-0.05, 0) is 12.5 Å². The van der Waals surface area contributed by atoms with Gasteiger partial charge in [0.1, 0.15) is 0 Å². The smallest absolute Gasteiger partial charge is 0.311 e. The summed E-state index contributed by atoms with van der Waals surface area (Å²) >= 11 is 0. The molecule has 0 saturated heterocycles. The largest absolute Gasteiger partial charge is 0.481 e. The molecule has 0 spiro atoms. The van der Waals surface area contributed by atoms with Gasteiger partial charge in [-0.1, -0.05) is 31.9 Å². The maximum absolute atomic E-state index is 13.4. The van der Waals surface area contributed by atoms with E-state index >= 15 is 0 Å². The van der Waals surface area contributed by atoms with Gasteiger partial charge in [-0.15, -0.1) is 0 Å². The van der Waals surface area contributed by atoms with Crippen LogP contribution in [0.15, 0.2) is 18.2 Å². The monoisotopic (exact) mass is 228 g/mol.